The standard InChI is InChI=1S/2C62H56F4N2Si2/c1-37-11-25-47(39(3)31-37)51-33-55(65)59(35-53(51)63)67(43-17-21-45(22-18-43)69(5,6)7)57-29-15-41-14-28-50-58(30-16-42-13-27-49(57)61(41)62(42)50)68(44-19-23-46(24-20-44)70(8,9)10)60-36-54(64)52(34-56(60)66)48-26-12-38(2)32-40(48)4;1-37-13-11-15-47(39(37)3)51-33-55(65)59(35-53(51)63)67(43-21-25-45(26-22-43)69(5,6)7)57-31-19-41-18-30-50-58(32-20-42-17-29-49(57)61(41)62(42)50)68(44-23-27-46(28-24-44)70(8,9)10)60-36-54(64)52(34-56(60)66)48-16-12-14-38(2)40(48)4/h2*11-36H,1-10H3. The Morgan fingerprint density at radius 3 is 0.621 bits per heavy atom. The normalized spacial score (nSPS) is 12.1. The van der Waals surface area contributed by atoms with E-state index in [1.807, 2.05) is 245 Å². The zero-order valence-electron chi connectivity index (χ0n) is 82.8. The van der Waals surface area contributed by atoms with Gasteiger partial charge in [-0.3, -0.25) is 0 Å². The molecule has 0 atom stereocenters. The fourth-order valence-electron chi connectivity index (χ4n) is 20.4. The van der Waals surface area contributed by atoms with Crippen molar-refractivity contribution in [1.82, 2.24) is 0 Å². The lowest BCUT2D eigenvalue weighted by molar-refractivity contribution is 0.604. The van der Waals surface area contributed by atoms with Crippen molar-refractivity contribution in [3.05, 3.63) is 406 Å². The van der Waals surface area contributed by atoms with E-state index in [1.165, 1.54) is 69.3 Å². The van der Waals surface area contributed by atoms with Crippen LogP contribution in [0.15, 0.2) is 315 Å². The molecule has 0 radical (unpaired) electrons. The molecule has 0 saturated carbocycles. The molecule has 16 heteroatoms. The number of rotatable bonds is 20. The van der Waals surface area contributed by atoms with Crippen molar-refractivity contribution in [2.24, 2.45) is 0 Å². The number of hydrogen-bond donors (Lipinski definition) is 0. The monoisotopic (exact) mass is 1920 g/mol. The van der Waals surface area contributed by atoms with E-state index in [-0.39, 0.29) is 45.0 Å². The molecule has 140 heavy (non-hydrogen) atoms. The van der Waals surface area contributed by atoms with Crippen LogP contribution in [-0.4, -0.2) is 32.3 Å². The van der Waals surface area contributed by atoms with E-state index in [2.05, 4.69) is 176 Å². The van der Waals surface area contributed by atoms with Gasteiger partial charge in [0.05, 0.1) is 77.8 Å². The number of halogens is 8. The molecule has 0 saturated heterocycles. The first-order valence-corrected chi connectivity index (χ1v) is 61.8. The molecule has 0 aliphatic carbocycles. The third-order valence-electron chi connectivity index (χ3n) is 28.4. The number of anilines is 12. The second kappa shape index (κ2) is 36.3. The Labute approximate surface area is 819 Å². The van der Waals surface area contributed by atoms with E-state index in [4.69, 9.17) is 0 Å². The topological polar surface area (TPSA) is 13.0 Å². The minimum absolute atomic E-state index is 0.0808. The van der Waals surface area contributed by atoms with Gasteiger partial charge in [0.15, 0.2) is 0 Å². The van der Waals surface area contributed by atoms with Crippen LogP contribution in [0, 0.1) is 102 Å². The Kier molecular flexibility index (Phi) is 24.6. The van der Waals surface area contributed by atoms with Crippen LogP contribution in [0.4, 0.5) is 103 Å². The maximum absolute atomic E-state index is 17.1. The third kappa shape index (κ3) is 17.4. The quantitative estimate of drug-likeness (QED) is 0.0428. The molecule has 0 spiro atoms. The average Bonchev–Trinajstić information content (AvgIpc) is 0.718. The van der Waals surface area contributed by atoms with Crippen LogP contribution < -0.4 is 40.3 Å². The highest BCUT2D eigenvalue weighted by Crippen LogP contribution is 2.54. The first kappa shape index (κ1) is 94.9. The van der Waals surface area contributed by atoms with Crippen LogP contribution in [0.25, 0.3) is 109 Å². The minimum atomic E-state index is -1.72. The summed E-state index contributed by atoms with van der Waals surface area (Å²) >= 11 is 0. The summed E-state index contributed by atoms with van der Waals surface area (Å²) in [6, 6.07) is 98.7. The minimum Gasteiger partial charge on any atom is -0.307 e. The highest BCUT2D eigenvalue weighted by molar-refractivity contribution is 6.90. The van der Waals surface area contributed by atoms with E-state index >= 15 is 35.1 Å². The van der Waals surface area contributed by atoms with E-state index in [1.54, 1.807) is 0 Å². The molecular formula is C124H112F8N4Si4. The van der Waals surface area contributed by atoms with Gasteiger partial charge in [0.1, 0.15) is 46.5 Å². The Morgan fingerprint density at radius 2 is 0.400 bits per heavy atom. The van der Waals surface area contributed by atoms with Gasteiger partial charge in [0, 0.05) is 90.8 Å². The Hall–Kier alpha value is -14.0. The molecule has 0 heterocycles. The fraction of sp³-hybridized carbons (Fsp3) is 0.161. The van der Waals surface area contributed by atoms with Crippen LogP contribution in [0.5, 0.6) is 0 Å². The van der Waals surface area contributed by atoms with Gasteiger partial charge in [-0.25, -0.2) is 35.1 Å². The van der Waals surface area contributed by atoms with E-state index in [0.717, 1.165) is 109 Å². The zero-order valence-corrected chi connectivity index (χ0v) is 86.8. The number of benzene rings is 20. The summed E-state index contributed by atoms with van der Waals surface area (Å²) in [7, 11) is -6.87. The molecule has 0 aliphatic rings. The second-order valence-electron chi connectivity index (χ2n) is 42.0. The first-order valence-electron chi connectivity index (χ1n) is 47.8. The van der Waals surface area contributed by atoms with Gasteiger partial charge in [-0.2, -0.15) is 0 Å². The molecule has 0 unspecified atom stereocenters. The van der Waals surface area contributed by atoms with Gasteiger partial charge >= 0.3 is 0 Å². The predicted molar refractivity (Wildman–Crippen MR) is 590 cm³/mol. The maximum Gasteiger partial charge on any atom is 0.148 e. The van der Waals surface area contributed by atoms with Crippen molar-refractivity contribution < 1.29 is 35.1 Å². The molecule has 0 aromatic heterocycles. The Bertz CT molecular complexity index is 7810. The predicted octanol–water partition coefficient (Wildman–Crippen LogP) is 35.5. The van der Waals surface area contributed by atoms with Crippen molar-refractivity contribution in [3.8, 4) is 44.5 Å². The molecule has 700 valence electrons. The van der Waals surface area contributed by atoms with Gasteiger partial charge in [-0.15, -0.1) is 0 Å². The van der Waals surface area contributed by atoms with Crippen molar-refractivity contribution in [2.75, 3.05) is 19.6 Å². The summed E-state index contributed by atoms with van der Waals surface area (Å²) in [5.41, 5.74) is 16.7. The fourth-order valence-corrected chi connectivity index (χ4v) is 25.0. The maximum atomic E-state index is 17.1. The molecule has 0 N–H and O–H groups in total. The molecule has 20 aromatic rings. The first-order chi connectivity index (χ1) is 66.6. The van der Waals surface area contributed by atoms with Crippen LogP contribution in [0.2, 0.25) is 78.6 Å². The molecule has 4 nitrogen and oxygen atoms in total. The summed E-state index contributed by atoms with van der Waals surface area (Å²) < 4.78 is 135. The summed E-state index contributed by atoms with van der Waals surface area (Å²) in [6.07, 6.45) is 0. The van der Waals surface area contributed by atoms with Gasteiger partial charge in [0.25, 0.3) is 0 Å². The molecule has 0 aliphatic heterocycles. The van der Waals surface area contributed by atoms with Crippen molar-refractivity contribution in [1.29, 1.82) is 0 Å². The summed E-state index contributed by atoms with van der Waals surface area (Å²) in [4.78, 5) is 7.31. The lowest BCUT2D eigenvalue weighted by atomic mass is 9.91. The average molecular weight is 1920 g/mol. The summed E-state index contributed by atoms with van der Waals surface area (Å²) in [6.45, 7) is 43.0. The van der Waals surface area contributed by atoms with E-state index < -0.39 is 78.8 Å². The largest absolute Gasteiger partial charge is 0.307 e. The SMILES string of the molecule is Cc1ccc(-c2cc(F)c(N(c3ccc([Si](C)(C)C)cc3)c3ccc4ccc5c(N(c6ccc([Si](C)(C)C)cc6)c6cc(F)c(-c7ccc(C)cc7C)cc6F)ccc6ccc3c4c65)cc2F)c(C)c1.Cc1cccc(-c2cc(F)c(N(c3ccc([Si](C)(C)C)cc3)c3ccc4ccc5c(N(c6ccc([Si](C)(C)C)cc6)c6cc(F)c(-c7cccc(C)c7C)cc6F)ccc6ccc3c4c65)cc2F)c1C. The van der Waals surface area contributed by atoms with Crippen molar-refractivity contribution >= 4 is 186 Å². The molecule has 0 fully saturated rings. The molecular weight excluding hydrogens is 1810 g/mol. The van der Waals surface area contributed by atoms with Gasteiger partial charge in [-0.1, -0.05) is 305 Å². The lowest BCUT2D eigenvalue weighted by Gasteiger charge is -2.30. The summed E-state index contributed by atoms with van der Waals surface area (Å²) in [5, 5.41) is 15.7. The lowest BCUT2D eigenvalue weighted by Crippen LogP contribution is -2.37. The van der Waals surface area contributed by atoms with Crippen molar-refractivity contribution in [3.63, 3.8) is 0 Å². The molecule has 20 aromatic carbocycles. The van der Waals surface area contributed by atoms with Gasteiger partial charge in [-0.05, 0) is 251 Å². The van der Waals surface area contributed by atoms with Gasteiger partial charge in [0.2, 0.25) is 0 Å². The molecule has 0 amide bonds. The Morgan fingerprint density at radius 1 is 0.179 bits per heavy atom. The van der Waals surface area contributed by atoms with Crippen LogP contribution in [0.1, 0.15) is 44.5 Å². The Balaban J connectivity index is 0.000000178. The van der Waals surface area contributed by atoms with E-state index in [9.17, 15) is 0 Å². The zero-order chi connectivity index (χ0) is 99.1. The molecule has 0 bridgehead atoms. The van der Waals surface area contributed by atoms with E-state index in [0.29, 0.717) is 67.8 Å². The number of aryl methyl sites for hydroxylation is 6. The van der Waals surface area contributed by atoms with Crippen LogP contribution >= 0.6 is 0 Å². The highest BCUT2D eigenvalue weighted by Gasteiger charge is 2.33. The number of hydrogen-bond acceptors (Lipinski definition) is 4. The molecule has 20 rings (SSSR count). The van der Waals surface area contributed by atoms with Crippen LogP contribution in [-0.2, 0) is 0 Å². The smallest absolute Gasteiger partial charge is 0.148 e. The van der Waals surface area contributed by atoms with Crippen molar-refractivity contribution in [2.45, 2.75) is 134 Å². The van der Waals surface area contributed by atoms with Crippen LogP contribution in [0.3, 0.4) is 0 Å². The third-order valence-corrected chi connectivity index (χ3v) is 36.7. The number of nitrogens with zero attached hydrogens (tertiary/aromatic N) is 4. The van der Waals surface area contributed by atoms with Gasteiger partial charge < -0.3 is 19.6 Å². The summed E-state index contributed by atoms with van der Waals surface area (Å²) in [5.74, 6) is -4.36. The highest BCUT2D eigenvalue weighted by atomic mass is 28.3. The second-order valence-corrected chi connectivity index (χ2v) is 62.3.